The third-order valence-corrected chi connectivity index (χ3v) is 4.67. The second-order valence-electron chi connectivity index (χ2n) is 5.56. The number of anilines is 2. The molecule has 0 aliphatic carbocycles. The largest absolute Gasteiger partial charge is 0.378 e. The summed E-state index contributed by atoms with van der Waals surface area (Å²) in [4.78, 5) is 19.7. The van der Waals surface area contributed by atoms with Crippen molar-refractivity contribution in [3.05, 3.63) is 34.4 Å². The second kappa shape index (κ2) is 6.59. The van der Waals surface area contributed by atoms with Gasteiger partial charge in [0, 0.05) is 18.7 Å². The van der Waals surface area contributed by atoms with Gasteiger partial charge in [0.1, 0.15) is 0 Å². The van der Waals surface area contributed by atoms with E-state index < -0.39 is 0 Å². The number of nitrogens with zero attached hydrogens (tertiary/aromatic N) is 5. The van der Waals surface area contributed by atoms with Crippen LogP contribution in [0.15, 0.2) is 24.4 Å². The molecule has 0 unspecified atom stereocenters. The third-order valence-electron chi connectivity index (χ3n) is 3.93. The first kappa shape index (κ1) is 16.3. The second-order valence-corrected chi connectivity index (χ2v) is 6.38. The molecule has 1 aromatic carbocycles. The van der Waals surface area contributed by atoms with Crippen molar-refractivity contribution in [1.29, 1.82) is 0 Å². The van der Waals surface area contributed by atoms with E-state index in [9.17, 15) is 0 Å². The summed E-state index contributed by atoms with van der Waals surface area (Å²) in [6, 6.07) is 5.33. The molecule has 1 aliphatic rings. The van der Waals surface area contributed by atoms with Crippen LogP contribution in [-0.4, -0.2) is 46.2 Å². The molecule has 2 aromatic heterocycles. The summed E-state index contributed by atoms with van der Waals surface area (Å²) in [7, 11) is 0. The molecule has 4 rings (SSSR count). The molecule has 0 spiro atoms. The standard InChI is InChI=1S/C16H14Cl2N6O/c17-10-2-1-9(7-11(10)18)12-8-20-14-13(21-12)15(23-16(19)22-14)24-3-5-25-6-4-24/h1-2,7-8H,3-6H2,(H2,19,20,22,23). The zero-order valence-corrected chi connectivity index (χ0v) is 14.6. The van der Waals surface area contributed by atoms with E-state index in [0.717, 1.165) is 5.56 Å². The molecule has 9 heteroatoms. The number of rotatable bonds is 2. The van der Waals surface area contributed by atoms with E-state index in [4.69, 9.17) is 38.7 Å². The van der Waals surface area contributed by atoms with Crippen LogP contribution in [0.25, 0.3) is 22.4 Å². The van der Waals surface area contributed by atoms with E-state index in [1.807, 2.05) is 6.07 Å². The lowest BCUT2D eigenvalue weighted by atomic mass is 10.1. The zero-order chi connectivity index (χ0) is 17.4. The summed E-state index contributed by atoms with van der Waals surface area (Å²) in [5, 5.41) is 0.951. The van der Waals surface area contributed by atoms with Crippen molar-refractivity contribution in [3.63, 3.8) is 0 Å². The van der Waals surface area contributed by atoms with Crippen LogP contribution in [0.3, 0.4) is 0 Å². The average Bonchev–Trinajstić information content (AvgIpc) is 2.63. The minimum absolute atomic E-state index is 0.172. The van der Waals surface area contributed by atoms with Crippen LogP contribution in [-0.2, 0) is 4.74 Å². The lowest BCUT2D eigenvalue weighted by Gasteiger charge is -2.28. The molecule has 25 heavy (non-hydrogen) atoms. The number of morpholine rings is 1. The van der Waals surface area contributed by atoms with Gasteiger partial charge in [0.15, 0.2) is 17.0 Å². The minimum Gasteiger partial charge on any atom is -0.378 e. The molecule has 7 nitrogen and oxygen atoms in total. The molecule has 2 N–H and O–H groups in total. The summed E-state index contributed by atoms with van der Waals surface area (Å²) in [5.74, 6) is 0.839. The van der Waals surface area contributed by atoms with Crippen LogP contribution in [0.2, 0.25) is 10.0 Å². The normalized spacial score (nSPS) is 14.9. The third kappa shape index (κ3) is 3.18. The van der Waals surface area contributed by atoms with Gasteiger partial charge in [-0.3, -0.25) is 0 Å². The van der Waals surface area contributed by atoms with Gasteiger partial charge in [0.05, 0.1) is 35.1 Å². The molecule has 0 saturated carbocycles. The molecule has 1 aliphatic heterocycles. The molecule has 3 heterocycles. The van der Waals surface area contributed by atoms with Gasteiger partial charge in [-0.15, -0.1) is 0 Å². The van der Waals surface area contributed by atoms with Crippen molar-refractivity contribution < 1.29 is 4.74 Å². The minimum atomic E-state index is 0.172. The van der Waals surface area contributed by atoms with Gasteiger partial charge in [-0.25, -0.2) is 9.97 Å². The Morgan fingerprint density at radius 1 is 1.04 bits per heavy atom. The molecular weight excluding hydrogens is 363 g/mol. The Hall–Kier alpha value is -2.22. The van der Waals surface area contributed by atoms with Gasteiger partial charge >= 0.3 is 0 Å². The lowest BCUT2D eigenvalue weighted by molar-refractivity contribution is 0.122. The Morgan fingerprint density at radius 2 is 1.84 bits per heavy atom. The number of nitrogen functional groups attached to an aromatic ring is 1. The van der Waals surface area contributed by atoms with E-state index in [1.165, 1.54) is 0 Å². The van der Waals surface area contributed by atoms with Crippen molar-refractivity contribution in [3.8, 4) is 11.3 Å². The predicted molar refractivity (Wildman–Crippen MR) is 98.0 cm³/mol. The van der Waals surface area contributed by atoms with Gasteiger partial charge in [0.25, 0.3) is 0 Å². The van der Waals surface area contributed by atoms with E-state index >= 15 is 0 Å². The number of hydrogen-bond donors (Lipinski definition) is 1. The maximum absolute atomic E-state index is 6.11. The van der Waals surface area contributed by atoms with Crippen molar-refractivity contribution in [2.24, 2.45) is 0 Å². The van der Waals surface area contributed by atoms with Crippen molar-refractivity contribution in [1.82, 2.24) is 19.9 Å². The van der Waals surface area contributed by atoms with Gasteiger partial charge in [-0.1, -0.05) is 29.3 Å². The first-order valence-corrected chi connectivity index (χ1v) is 8.46. The zero-order valence-electron chi connectivity index (χ0n) is 13.1. The fourth-order valence-corrected chi connectivity index (χ4v) is 3.00. The van der Waals surface area contributed by atoms with Crippen LogP contribution in [0.4, 0.5) is 11.8 Å². The summed E-state index contributed by atoms with van der Waals surface area (Å²) in [6.07, 6.45) is 1.64. The fraction of sp³-hybridized carbons (Fsp3) is 0.250. The maximum Gasteiger partial charge on any atom is 0.224 e. The summed E-state index contributed by atoms with van der Waals surface area (Å²) >= 11 is 12.1. The Morgan fingerprint density at radius 3 is 2.60 bits per heavy atom. The van der Waals surface area contributed by atoms with Crippen molar-refractivity contribution in [2.75, 3.05) is 36.9 Å². The highest BCUT2D eigenvalue weighted by atomic mass is 35.5. The first-order chi connectivity index (χ1) is 12.1. The van der Waals surface area contributed by atoms with Gasteiger partial charge in [-0.2, -0.15) is 9.97 Å². The molecule has 0 atom stereocenters. The molecule has 0 bridgehead atoms. The van der Waals surface area contributed by atoms with Crippen LogP contribution in [0.1, 0.15) is 0 Å². The number of halogens is 2. The van der Waals surface area contributed by atoms with E-state index in [-0.39, 0.29) is 5.95 Å². The highest BCUT2D eigenvalue weighted by Gasteiger charge is 2.19. The van der Waals surface area contributed by atoms with Crippen LogP contribution >= 0.6 is 23.2 Å². The van der Waals surface area contributed by atoms with E-state index in [2.05, 4.69) is 19.9 Å². The summed E-state index contributed by atoms with van der Waals surface area (Å²) < 4.78 is 5.40. The number of ether oxygens (including phenoxy) is 1. The molecule has 3 aromatic rings. The topological polar surface area (TPSA) is 90.0 Å². The highest BCUT2D eigenvalue weighted by molar-refractivity contribution is 6.42. The van der Waals surface area contributed by atoms with Gasteiger partial charge in [-0.05, 0) is 12.1 Å². The quantitative estimate of drug-likeness (QED) is 0.734. The number of aromatic nitrogens is 4. The van der Waals surface area contributed by atoms with Gasteiger partial charge in [0.2, 0.25) is 5.95 Å². The number of benzene rings is 1. The molecule has 0 amide bonds. The Bertz CT molecular complexity index is 945. The van der Waals surface area contributed by atoms with E-state index in [0.29, 0.717) is 59.0 Å². The molecule has 128 valence electrons. The molecular formula is C16H14Cl2N6O. The Labute approximate surface area is 153 Å². The van der Waals surface area contributed by atoms with Gasteiger partial charge < -0.3 is 15.4 Å². The predicted octanol–water partition coefficient (Wildman–Crippen LogP) is 2.81. The fourth-order valence-electron chi connectivity index (χ4n) is 2.70. The average molecular weight is 377 g/mol. The van der Waals surface area contributed by atoms with Crippen molar-refractivity contribution >= 4 is 46.1 Å². The number of nitrogens with two attached hydrogens (primary N) is 1. The molecule has 1 fully saturated rings. The summed E-state index contributed by atoms with van der Waals surface area (Å²) in [5.41, 5.74) is 8.36. The van der Waals surface area contributed by atoms with Crippen LogP contribution < -0.4 is 10.6 Å². The van der Waals surface area contributed by atoms with E-state index in [1.54, 1.807) is 18.3 Å². The lowest BCUT2D eigenvalue weighted by Crippen LogP contribution is -2.37. The monoisotopic (exact) mass is 376 g/mol. The van der Waals surface area contributed by atoms with Crippen molar-refractivity contribution in [2.45, 2.75) is 0 Å². The number of fused-ring (bicyclic) bond motifs is 1. The molecule has 1 saturated heterocycles. The number of hydrogen-bond acceptors (Lipinski definition) is 7. The first-order valence-electron chi connectivity index (χ1n) is 7.70. The Balaban J connectivity index is 1.85. The smallest absolute Gasteiger partial charge is 0.224 e. The Kier molecular flexibility index (Phi) is 4.29. The maximum atomic E-state index is 6.11. The van der Waals surface area contributed by atoms with Crippen LogP contribution in [0.5, 0.6) is 0 Å². The summed E-state index contributed by atoms with van der Waals surface area (Å²) in [6.45, 7) is 2.69. The highest BCUT2D eigenvalue weighted by Crippen LogP contribution is 2.29. The molecule has 0 radical (unpaired) electrons. The SMILES string of the molecule is Nc1nc(N2CCOCC2)c2nc(-c3ccc(Cl)c(Cl)c3)cnc2n1. The van der Waals surface area contributed by atoms with Crippen LogP contribution in [0, 0.1) is 0 Å².